The van der Waals surface area contributed by atoms with E-state index in [2.05, 4.69) is 0 Å². The Morgan fingerprint density at radius 3 is 1.18 bits per heavy atom. The van der Waals surface area contributed by atoms with Gasteiger partial charge in [0.2, 0.25) is 0 Å². The Labute approximate surface area is 171 Å². The highest BCUT2D eigenvalue weighted by molar-refractivity contribution is 5.53. The summed E-state index contributed by atoms with van der Waals surface area (Å²) < 4.78 is 226. The third kappa shape index (κ3) is 3.63. The predicted molar refractivity (Wildman–Crippen MR) is 75.6 cm³/mol. The zero-order valence-electron chi connectivity index (χ0n) is 15.2. The standard InChI is InChI=1S/C15H8F17N/c1-33-7-5-3-2-4-6(7)8(16,17)9(18,19)10(20,21)11(22,23)12(24,25)13(26,27)14(28,29)15(30,31)32/h2-5,33H,1H3. The predicted octanol–water partition coefficient (Wildman–Crippen LogP) is 7.19. The lowest BCUT2D eigenvalue weighted by molar-refractivity contribution is -0.462. The third-order valence-corrected chi connectivity index (χ3v) is 4.26. The molecule has 0 fully saturated rings. The summed E-state index contributed by atoms with van der Waals surface area (Å²) in [5.74, 6) is -56.6. The number of halogens is 17. The molecule has 0 saturated carbocycles. The summed E-state index contributed by atoms with van der Waals surface area (Å²) >= 11 is 0. The summed E-state index contributed by atoms with van der Waals surface area (Å²) in [4.78, 5) is 0. The summed E-state index contributed by atoms with van der Waals surface area (Å²) in [5.41, 5.74) is -3.44. The Morgan fingerprint density at radius 2 is 0.818 bits per heavy atom. The maximum atomic E-state index is 14.2. The van der Waals surface area contributed by atoms with Crippen LogP contribution in [0.15, 0.2) is 24.3 Å². The number of hydrogen-bond acceptors (Lipinski definition) is 1. The minimum Gasteiger partial charge on any atom is -0.388 e. The van der Waals surface area contributed by atoms with Gasteiger partial charge in [-0.05, 0) is 6.07 Å². The molecule has 0 saturated heterocycles. The van der Waals surface area contributed by atoms with Crippen LogP contribution in [0.25, 0.3) is 0 Å². The second-order valence-corrected chi connectivity index (χ2v) is 6.31. The Balaban J connectivity index is 3.77. The van der Waals surface area contributed by atoms with Crippen LogP contribution in [0.5, 0.6) is 0 Å². The van der Waals surface area contributed by atoms with Crippen molar-refractivity contribution in [2.24, 2.45) is 0 Å². The molecule has 0 heterocycles. The molecule has 0 aliphatic carbocycles. The summed E-state index contributed by atoms with van der Waals surface area (Å²) in [6.07, 6.45) is -7.77. The number of rotatable bonds is 8. The molecule has 192 valence electrons. The number of benzene rings is 1. The van der Waals surface area contributed by atoms with E-state index < -0.39 is 58.9 Å². The maximum absolute atomic E-state index is 14.2. The van der Waals surface area contributed by atoms with Crippen molar-refractivity contribution in [3.63, 3.8) is 0 Å². The monoisotopic (exact) mass is 525 g/mol. The largest absolute Gasteiger partial charge is 0.460 e. The van der Waals surface area contributed by atoms with E-state index in [4.69, 9.17) is 0 Å². The molecule has 33 heavy (non-hydrogen) atoms. The van der Waals surface area contributed by atoms with E-state index in [1.54, 1.807) is 5.32 Å². The Bertz CT molecular complexity index is 854. The first kappa shape index (κ1) is 28.9. The first-order chi connectivity index (χ1) is 14.3. The first-order valence-electron chi connectivity index (χ1n) is 7.79. The minimum atomic E-state index is -8.63. The summed E-state index contributed by atoms with van der Waals surface area (Å²) in [7, 11) is 0.716. The normalized spacial score (nSPS) is 15.6. The molecule has 0 bridgehead atoms. The van der Waals surface area contributed by atoms with Gasteiger partial charge in [-0.25, -0.2) is 0 Å². The highest BCUT2D eigenvalue weighted by atomic mass is 19.4. The molecule has 1 rings (SSSR count). The molecule has 0 unspecified atom stereocenters. The lowest BCUT2D eigenvalue weighted by Gasteiger charge is -2.43. The quantitative estimate of drug-likeness (QED) is 0.355. The average molecular weight is 525 g/mol. The van der Waals surface area contributed by atoms with E-state index in [9.17, 15) is 74.6 Å². The topological polar surface area (TPSA) is 12.0 Å². The molecule has 0 spiro atoms. The zero-order valence-corrected chi connectivity index (χ0v) is 15.2. The van der Waals surface area contributed by atoms with Crippen LogP contribution in [0.1, 0.15) is 5.56 Å². The highest BCUT2D eigenvalue weighted by Crippen LogP contribution is 2.65. The second-order valence-electron chi connectivity index (χ2n) is 6.31. The third-order valence-electron chi connectivity index (χ3n) is 4.26. The molecule has 0 aliphatic rings. The zero-order chi connectivity index (χ0) is 26.7. The van der Waals surface area contributed by atoms with Gasteiger partial charge < -0.3 is 5.32 Å². The van der Waals surface area contributed by atoms with E-state index in [1.165, 1.54) is 0 Å². The average Bonchev–Trinajstić information content (AvgIpc) is 2.65. The van der Waals surface area contributed by atoms with E-state index in [-0.39, 0.29) is 6.07 Å². The van der Waals surface area contributed by atoms with Gasteiger partial charge in [0.05, 0.1) is 5.56 Å². The first-order valence-corrected chi connectivity index (χ1v) is 7.79. The Kier molecular flexibility index (Phi) is 6.71. The molecule has 1 nitrogen and oxygen atoms in total. The molecular formula is C15H8F17N. The van der Waals surface area contributed by atoms with Gasteiger partial charge in [0.25, 0.3) is 0 Å². The summed E-state index contributed by atoms with van der Waals surface area (Å²) in [5, 5.41) is 1.72. The number of anilines is 1. The maximum Gasteiger partial charge on any atom is 0.460 e. The molecule has 18 heteroatoms. The van der Waals surface area contributed by atoms with Gasteiger partial charge in [-0.3, -0.25) is 0 Å². The number of nitrogens with one attached hydrogen (secondary N) is 1. The number of alkyl halides is 17. The smallest absolute Gasteiger partial charge is 0.388 e. The molecule has 1 N–H and O–H groups in total. The van der Waals surface area contributed by atoms with Crippen molar-refractivity contribution in [3.05, 3.63) is 29.8 Å². The van der Waals surface area contributed by atoms with E-state index in [0.29, 0.717) is 19.2 Å². The van der Waals surface area contributed by atoms with Crippen LogP contribution in [-0.4, -0.2) is 48.8 Å². The van der Waals surface area contributed by atoms with Crippen molar-refractivity contribution in [1.82, 2.24) is 0 Å². The summed E-state index contributed by atoms with van der Waals surface area (Å²) in [6.45, 7) is 0. The lowest BCUT2D eigenvalue weighted by Crippen LogP contribution is -2.74. The molecule has 0 aromatic heterocycles. The van der Waals surface area contributed by atoms with Crippen molar-refractivity contribution >= 4 is 5.69 Å². The van der Waals surface area contributed by atoms with E-state index in [1.807, 2.05) is 0 Å². The van der Waals surface area contributed by atoms with Crippen molar-refractivity contribution in [2.75, 3.05) is 12.4 Å². The van der Waals surface area contributed by atoms with Crippen molar-refractivity contribution < 1.29 is 74.6 Å². The Morgan fingerprint density at radius 1 is 0.485 bits per heavy atom. The molecule has 0 aliphatic heterocycles. The SMILES string of the molecule is CNc1ccccc1C(F)(F)C(F)(F)C(F)(F)C(F)(F)C(F)(F)C(F)(F)C(F)(F)C(F)(F)F. The molecule has 1 aromatic rings. The van der Waals surface area contributed by atoms with Gasteiger partial charge in [-0.2, -0.15) is 74.6 Å². The van der Waals surface area contributed by atoms with Crippen LogP contribution < -0.4 is 5.32 Å². The second kappa shape index (κ2) is 7.68. The van der Waals surface area contributed by atoms with Crippen LogP contribution in [-0.2, 0) is 5.92 Å². The van der Waals surface area contributed by atoms with Crippen LogP contribution in [0.4, 0.5) is 80.3 Å². The summed E-state index contributed by atoms with van der Waals surface area (Å²) in [6, 6.07) is 1.63. The van der Waals surface area contributed by atoms with Gasteiger partial charge >= 0.3 is 47.6 Å². The van der Waals surface area contributed by atoms with Crippen LogP contribution in [0.3, 0.4) is 0 Å². The van der Waals surface area contributed by atoms with E-state index in [0.717, 1.165) is 6.07 Å². The van der Waals surface area contributed by atoms with Crippen LogP contribution in [0, 0.1) is 0 Å². The van der Waals surface area contributed by atoms with Gasteiger partial charge in [0, 0.05) is 12.7 Å². The molecular weight excluding hydrogens is 517 g/mol. The van der Waals surface area contributed by atoms with Gasteiger partial charge in [-0.1, -0.05) is 18.2 Å². The van der Waals surface area contributed by atoms with Crippen molar-refractivity contribution in [1.29, 1.82) is 0 Å². The number of para-hydroxylation sites is 1. The minimum absolute atomic E-state index is 0.0987. The molecule has 0 radical (unpaired) electrons. The van der Waals surface area contributed by atoms with Crippen LogP contribution >= 0.6 is 0 Å². The van der Waals surface area contributed by atoms with Crippen molar-refractivity contribution in [3.8, 4) is 0 Å². The Hall–Kier alpha value is -2.17. The highest BCUT2D eigenvalue weighted by Gasteiger charge is 2.95. The van der Waals surface area contributed by atoms with Gasteiger partial charge in [0.1, 0.15) is 0 Å². The van der Waals surface area contributed by atoms with Crippen molar-refractivity contribution in [2.45, 2.75) is 47.6 Å². The fraction of sp³-hybridized carbons (Fsp3) is 0.600. The molecule has 0 amide bonds. The lowest BCUT2D eigenvalue weighted by atomic mass is 9.87. The molecule has 1 aromatic carbocycles. The van der Waals surface area contributed by atoms with E-state index >= 15 is 0 Å². The molecule has 0 atom stereocenters. The van der Waals surface area contributed by atoms with Crippen LogP contribution in [0.2, 0.25) is 0 Å². The fourth-order valence-electron chi connectivity index (χ4n) is 2.31. The van der Waals surface area contributed by atoms with Gasteiger partial charge in [0.15, 0.2) is 0 Å². The number of hydrogen-bond donors (Lipinski definition) is 1. The fourth-order valence-corrected chi connectivity index (χ4v) is 2.31. The van der Waals surface area contributed by atoms with Gasteiger partial charge in [-0.15, -0.1) is 0 Å².